The monoisotopic (exact) mass is 353 g/mol. The van der Waals surface area contributed by atoms with E-state index in [1.54, 1.807) is 11.8 Å². The normalized spacial score (nSPS) is 13.2. The molecule has 1 aromatic carbocycles. The maximum absolute atomic E-state index is 12.5. The standard InChI is InChI=1S/C13H20ClNO4S2/c1-4-11(8-20-3)15-21(17,18)12-6-10(14)5-9(7-16)13(12)19-2/h5-6,11,15-16H,4,7-8H2,1-3H3. The molecule has 0 bridgehead atoms. The molecule has 5 nitrogen and oxygen atoms in total. The summed E-state index contributed by atoms with van der Waals surface area (Å²) in [5.41, 5.74) is 0.336. The van der Waals surface area contributed by atoms with Gasteiger partial charge in [0.25, 0.3) is 0 Å². The molecule has 0 amide bonds. The molecule has 0 fully saturated rings. The Hall–Kier alpha value is -0.470. The van der Waals surface area contributed by atoms with Crippen LogP contribution in [0.15, 0.2) is 17.0 Å². The van der Waals surface area contributed by atoms with Crippen LogP contribution in [-0.4, -0.2) is 38.7 Å². The fourth-order valence-corrected chi connectivity index (χ4v) is 4.58. The van der Waals surface area contributed by atoms with E-state index in [9.17, 15) is 13.5 Å². The average molecular weight is 354 g/mol. The number of halogens is 1. The van der Waals surface area contributed by atoms with E-state index in [1.807, 2.05) is 13.2 Å². The number of ether oxygens (including phenoxy) is 1. The molecular weight excluding hydrogens is 334 g/mol. The van der Waals surface area contributed by atoms with Gasteiger partial charge in [0.15, 0.2) is 0 Å². The van der Waals surface area contributed by atoms with Crippen LogP contribution in [0, 0.1) is 0 Å². The molecule has 0 aliphatic heterocycles. The number of methoxy groups -OCH3 is 1. The van der Waals surface area contributed by atoms with Gasteiger partial charge < -0.3 is 9.84 Å². The average Bonchev–Trinajstić information content (AvgIpc) is 2.45. The van der Waals surface area contributed by atoms with Gasteiger partial charge in [-0.15, -0.1) is 0 Å². The fourth-order valence-electron chi connectivity index (χ4n) is 1.89. The van der Waals surface area contributed by atoms with Crippen molar-refractivity contribution in [3.05, 3.63) is 22.7 Å². The summed E-state index contributed by atoms with van der Waals surface area (Å²) in [4.78, 5) is -0.0545. The first-order chi connectivity index (χ1) is 9.89. The van der Waals surface area contributed by atoms with Crippen LogP contribution in [0.5, 0.6) is 5.75 Å². The highest BCUT2D eigenvalue weighted by Gasteiger charge is 2.25. The van der Waals surface area contributed by atoms with E-state index < -0.39 is 10.0 Å². The van der Waals surface area contributed by atoms with Crippen molar-refractivity contribution in [1.82, 2.24) is 4.72 Å². The number of thioether (sulfide) groups is 1. The Morgan fingerprint density at radius 2 is 2.14 bits per heavy atom. The number of benzene rings is 1. The summed E-state index contributed by atoms with van der Waals surface area (Å²) >= 11 is 7.50. The van der Waals surface area contributed by atoms with Gasteiger partial charge >= 0.3 is 0 Å². The maximum Gasteiger partial charge on any atom is 0.244 e. The predicted molar refractivity (Wildman–Crippen MR) is 86.7 cm³/mol. The lowest BCUT2D eigenvalue weighted by Crippen LogP contribution is -2.36. The summed E-state index contributed by atoms with van der Waals surface area (Å²) in [6, 6.07) is 2.64. The highest BCUT2D eigenvalue weighted by atomic mass is 35.5. The Kier molecular flexibility index (Phi) is 7.29. The molecular formula is C13H20ClNO4S2. The molecule has 21 heavy (non-hydrogen) atoms. The lowest BCUT2D eigenvalue weighted by Gasteiger charge is -2.18. The Morgan fingerprint density at radius 3 is 2.62 bits per heavy atom. The third kappa shape index (κ3) is 4.75. The van der Waals surface area contributed by atoms with Crippen molar-refractivity contribution >= 4 is 33.4 Å². The minimum Gasteiger partial charge on any atom is -0.495 e. The number of hydrogen-bond donors (Lipinski definition) is 2. The molecule has 0 spiro atoms. The van der Waals surface area contributed by atoms with Gasteiger partial charge in [-0.3, -0.25) is 0 Å². The molecule has 1 atom stereocenters. The van der Waals surface area contributed by atoms with Crippen molar-refractivity contribution in [2.45, 2.75) is 30.9 Å². The zero-order valence-electron chi connectivity index (χ0n) is 12.2. The van der Waals surface area contributed by atoms with E-state index in [4.69, 9.17) is 16.3 Å². The molecule has 0 aliphatic rings. The maximum atomic E-state index is 12.5. The Morgan fingerprint density at radius 1 is 1.48 bits per heavy atom. The molecule has 1 aromatic rings. The number of sulfonamides is 1. The predicted octanol–water partition coefficient (Wildman–Crippen LogP) is 2.26. The Bertz CT molecular complexity index is 578. The van der Waals surface area contributed by atoms with Crippen LogP contribution >= 0.6 is 23.4 Å². The van der Waals surface area contributed by atoms with E-state index in [0.717, 1.165) is 0 Å². The number of rotatable bonds is 8. The zero-order chi connectivity index (χ0) is 16.0. The molecule has 0 aromatic heterocycles. The highest BCUT2D eigenvalue weighted by molar-refractivity contribution is 7.98. The lowest BCUT2D eigenvalue weighted by molar-refractivity contribution is 0.272. The molecule has 1 rings (SSSR count). The number of aliphatic hydroxyl groups excluding tert-OH is 1. The second-order valence-electron chi connectivity index (χ2n) is 4.44. The minimum absolute atomic E-state index is 0.0545. The quantitative estimate of drug-likeness (QED) is 0.749. The number of aliphatic hydroxyl groups is 1. The fraction of sp³-hybridized carbons (Fsp3) is 0.538. The van der Waals surface area contributed by atoms with E-state index in [-0.39, 0.29) is 28.3 Å². The first-order valence-electron chi connectivity index (χ1n) is 6.38. The highest BCUT2D eigenvalue weighted by Crippen LogP contribution is 2.32. The molecule has 0 saturated carbocycles. The van der Waals surface area contributed by atoms with E-state index in [0.29, 0.717) is 17.7 Å². The Labute approximate surface area is 135 Å². The van der Waals surface area contributed by atoms with Crippen molar-refractivity contribution in [2.75, 3.05) is 19.1 Å². The minimum atomic E-state index is -3.78. The third-order valence-electron chi connectivity index (χ3n) is 2.94. The molecule has 0 aliphatic carbocycles. The number of hydrogen-bond acceptors (Lipinski definition) is 5. The van der Waals surface area contributed by atoms with Crippen LogP contribution in [-0.2, 0) is 16.6 Å². The van der Waals surface area contributed by atoms with E-state index >= 15 is 0 Å². The van der Waals surface area contributed by atoms with Crippen LogP contribution in [0.2, 0.25) is 5.02 Å². The van der Waals surface area contributed by atoms with Gasteiger partial charge in [0, 0.05) is 22.4 Å². The summed E-state index contributed by atoms with van der Waals surface area (Å²) in [5.74, 6) is 0.791. The summed E-state index contributed by atoms with van der Waals surface area (Å²) in [6.45, 7) is 1.56. The smallest absolute Gasteiger partial charge is 0.244 e. The lowest BCUT2D eigenvalue weighted by atomic mass is 10.2. The van der Waals surface area contributed by atoms with Gasteiger partial charge in [0.1, 0.15) is 10.6 Å². The summed E-state index contributed by atoms with van der Waals surface area (Å²) in [6.07, 6.45) is 2.59. The van der Waals surface area contributed by atoms with Crippen LogP contribution in [0.4, 0.5) is 0 Å². The van der Waals surface area contributed by atoms with Crippen molar-refractivity contribution in [3.8, 4) is 5.75 Å². The van der Waals surface area contributed by atoms with Gasteiger partial charge in [-0.25, -0.2) is 13.1 Å². The molecule has 2 N–H and O–H groups in total. The van der Waals surface area contributed by atoms with Crippen molar-refractivity contribution in [2.24, 2.45) is 0 Å². The SMILES string of the molecule is CCC(CSC)NS(=O)(=O)c1cc(Cl)cc(CO)c1OC. The van der Waals surface area contributed by atoms with E-state index in [2.05, 4.69) is 4.72 Å². The third-order valence-corrected chi connectivity index (χ3v) is 5.42. The van der Waals surface area contributed by atoms with E-state index in [1.165, 1.54) is 19.2 Å². The van der Waals surface area contributed by atoms with Crippen LogP contribution in [0.1, 0.15) is 18.9 Å². The molecule has 8 heteroatoms. The van der Waals surface area contributed by atoms with Crippen LogP contribution in [0.3, 0.4) is 0 Å². The van der Waals surface area contributed by atoms with Gasteiger partial charge in [-0.1, -0.05) is 18.5 Å². The van der Waals surface area contributed by atoms with Crippen LogP contribution in [0.25, 0.3) is 0 Å². The van der Waals surface area contributed by atoms with Gasteiger partial charge in [-0.2, -0.15) is 11.8 Å². The first kappa shape index (κ1) is 18.6. The van der Waals surface area contributed by atoms with Crippen molar-refractivity contribution in [1.29, 1.82) is 0 Å². The van der Waals surface area contributed by atoms with Gasteiger partial charge in [-0.05, 0) is 24.8 Å². The molecule has 0 radical (unpaired) electrons. The van der Waals surface area contributed by atoms with Crippen molar-refractivity contribution in [3.63, 3.8) is 0 Å². The number of nitrogens with one attached hydrogen (secondary N) is 1. The second kappa shape index (κ2) is 8.24. The largest absolute Gasteiger partial charge is 0.495 e. The molecule has 120 valence electrons. The topological polar surface area (TPSA) is 75.6 Å². The molecule has 1 unspecified atom stereocenters. The van der Waals surface area contributed by atoms with Gasteiger partial charge in [0.05, 0.1) is 13.7 Å². The summed E-state index contributed by atoms with van der Waals surface area (Å²) in [5, 5.41) is 9.55. The molecule has 0 saturated heterocycles. The summed E-state index contributed by atoms with van der Waals surface area (Å²) < 4.78 is 32.9. The zero-order valence-corrected chi connectivity index (χ0v) is 14.6. The van der Waals surface area contributed by atoms with Crippen molar-refractivity contribution < 1.29 is 18.3 Å². The summed E-state index contributed by atoms with van der Waals surface area (Å²) in [7, 11) is -2.41. The first-order valence-corrected chi connectivity index (χ1v) is 9.63. The Balaban J connectivity index is 3.27. The van der Waals surface area contributed by atoms with Gasteiger partial charge in [0.2, 0.25) is 10.0 Å². The van der Waals surface area contributed by atoms with Crippen LogP contribution < -0.4 is 9.46 Å². The molecule has 0 heterocycles. The second-order valence-corrected chi connectivity index (χ2v) is 7.47.